The summed E-state index contributed by atoms with van der Waals surface area (Å²) in [4.78, 5) is 2.40. The van der Waals surface area contributed by atoms with Crippen LogP contribution in [0.2, 0.25) is 0 Å². The molecule has 0 bridgehead atoms. The van der Waals surface area contributed by atoms with Gasteiger partial charge in [-0.1, -0.05) is 0 Å². The summed E-state index contributed by atoms with van der Waals surface area (Å²) >= 11 is 0. The average molecular weight is 252 g/mol. The minimum absolute atomic E-state index is 0.0523. The van der Waals surface area contributed by atoms with Crippen molar-refractivity contribution in [3.8, 4) is 0 Å². The Morgan fingerprint density at radius 3 is 3.06 bits per heavy atom. The molecule has 102 valence electrons. The summed E-state index contributed by atoms with van der Waals surface area (Å²) in [7, 11) is 0. The van der Waals surface area contributed by atoms with E-state index in [0.717, 1.165) is 38.3 Å². The molecule has 1 aliphatic rings. The van der Waals surface area contributed by atoms with Crippen LogP contribution in [0.15, 0.2) is 22.8 Å². The monoisotopic (exact) mass is 252 g/mol. The Bertz CT molecular complexity index is 336. The summed E-state index contributed by atoms with van der Waals surface area (Å²) in [6.07, 6.45) is 4.36. The van der Waals surface area contributed by atoms with Crippen LogP contribution in [-0.4, -0.2) is 36.7 Å². The molecule has 0 aliphatic carbocycles. The second-order valence-corrected chi connectivity index (χ2v) is 5.03. The lowest BCUT2D eigenvalue weighted by molar-refractivity contribution is -0.0136. The molecule has 3 unspecified atom stereocenters. The van der Waals surface area contributed by atoms with Gasteiger partial charge in [0.25, 0.3) is 0 Å². The molecule has 0 radical (unpaired) electrons. The molecule has 1 aliphatic heterocycles. The average Bonchev–Trinajstić information content (AvgIpc) is 2.83. The van der Waals surface area contributed by atoms with Crippen LogP contribution in [0.25, 0.3) is 0 Å². The maximum absolute atomic E-state index is 6.14. The summed E-state index contributed by atoms with van der Waals surface area (Å²) in [5.74, 6) is 0.960. The number of hydrogen-bond donors (Lipinski definition) is 1. The van der Waals surface area contributed by atoms with Gasteiger partial charge in [-0.25, -0.2) is 0 Å². The van der Waals surface area contributed by atoms with Crippen LogP contribution < -0.4 is 5.73 Å². The topological polar surface area (TPSA) is 51.6 Å². The second-order valence-electron chi connectivity index (χ2n) is 5.03. The maximum atomic E-state index is 6.14. The fourth-order valence-corrected chi connectivity index (χ4v) is 2.82. The first-order chi connectivity index (χ1) is 8.72. The smallest absolute Gasteiger partial charge is 0.122 e. The molecule has 0 saturated carbocycles. The van der Waals surface area contributed by atoms with E-state index in [4.69, 9.17) is 14.9 Å². The number of likely N-dealkylation sites (tertiary alicyclic amines) is 1. The molecular weight excluding hydrogens is 228 g/mol. The van der Waals surface area contributed by atoms with E-state index < -0.39 is 0 Å². The van der Waals surface area contributed by atoms with Gasteiger partial charge in [0, 0.05) is 19.2 Å². The number of rotatable bonds is 5. The van der Waals surface area contributed by atoms with Crippen molar-refractivity contribution >= 4 is 0 Å². The van der Waals surface area contributed by atoms with Crippen LogP contribution in [0.5, 0.6) is 0 Å². The third kappa shape index (κ3) is 3.13. The van der Waals surface area contributed by atoms with Crippen molar-refractivity contribution in [3.05, 3.63) is 24.2 Å². The van der Waals surface area contributed by atoms with Crippen LogP contribution in [0, 0.1) is 0 Å². The van der Waals surface area contributed by atoms with E-state index >= 15 is 0 Å². The Morgan fingerprint density at radius 1 is 1.61 bits per heavy atom. The fraction of sp³-hybridized carbons (Fsp3) is 0.714. The summed E-state index contributed by atoms with van der Waals surface area (Å²) in [6, 6.07) is 4.15. The molecule has 1 saturated heterocycles. The molecule has 4 nitrogen and oxygen atoms in total. The van der Waals surface area contributed by atoms with Crippen LogP contribution in [0.1, 0.15) is 38.5 Å². The van der Waals surface area contributed by atoms with Gasteiger partial charge in [-0.15, -0.1) is 0 Å². The van der Waals surface area contributed by atoms with Crippen molar-refractivity contribution in [2.75, 3.05) is 19.7 Å². The normalized spacial score (nSPS) is 24.9. The summed E-state index contributed by atoms with van der Waals surface area (Å²) in [6.45, 7) is 6.88. The van der Waals surface area contributed by atoms with Gasteiger partial charge in [-0.2, -0.15) is 0 Å². The molecule has 1 aromatic heterocycles. The SMILES string of the molecule is CCOC1CCCN(C(c2ccco2)C(C)N)C1. The Hall–Kier alpha value is -0.840. The van der Waals surface area contributed by atoms with Crippen LogP contribution in [0.4, 0.5) is 0 Å². The maximum Gasteiger partial charge on any atom is 0.122 e. The first-order valence-corrected chi connectivity index (χ1v) is 6.87. The number of piperidine rings is 1. The van der Waals surface area contributed by atoms with E-state index in [1.807, 2.05) is 19.1 Å². The first kappa shape index (κ1) is 13.6. The third-order valence-electron chi connectivity index (χ3n) is 3.54. The molecule has 1 fully saturated rings. The highest BCUT2D eigenvalue weighted by Gasteiger charge is 2.30. The molecule has 2 N–H and O–H groups in total. The molecule has 2 heterocycles. The van der Waals surface area contributed by atoms with Gasteiger partial charge in [0.1, 0.15) is 5.76 Å². The molecule has 0 amide bonds. The minimum atomic E-state index is 0.0523. The van der Waals surface area contributed by atoms with Gasteiger partial charge in [0.15, 0.2) is 0 Å². The predicted octanol–water partition coefficient (Wildman–Crippen LogP) is 2.17. The number of nitrogens with two attached hydrogens (primary N) is 1. The second kappa shape index (κ2) is 6.36. The first-order valence-electron chi connectivity index (χ1n) is 6.87. The molecular formula is C14H24N2O2. The van der Waals surface area contributed by atoms with E-state index in [0.29, 0.717) is 6.10 Å². The molecule has 18 heavy (non-hydrogen) atoms. The van der Waals surface area contributed by atoms with Crippen molar-refractivity contribution in [1.82, 2.24) is 4.90 Å². The Kier molecular flexibility index (Phi) is 4.80. The van der Waals surface area contributed by atoms with Crippen LogP contribution in [0.3, 0.4) is 0 Å². The lowest BCUT2D eigenvalue weighted by Gasteiger charge is -2.38. The zero-order valence-corrected chi connectivity index (χ0v) is 11.3. The van der Waals surface area contributed by atoms with Crippen molar-refractivity contribution in [2.45, 2.75) is 44.9 Å². The van der Waals surface area contributed by atoms with E-state index in [-0.39, 0.29) is 12.1 Å². The number of nitrogens with zero attached hydrogens (tertiary/aromatic N) is 1. The highest BCUT2D eigenvalue weighted by molar-refractivity contribution is 5.08. The zero-order chi connectivity index (χ0) is 13.0. The van der Waals surface area contributed by atoms with Crippen molar-refractivity contribution < 1.29 is 9.15 Å². The Morgan fingerprint density at radius 2 is 2.44 bits per heavy atom. The molecule has 2 rings (SSSR count). The molecule has 1 aromatic rings. The van der Waals surface area contributed by atoms with E-state index in [2.05, 4.69) is 11.8 Å². The lowest BCUT2D eigenvalue weighted by atomic mass is 10.0. The van der Waals surface area contributed by atoms with E-state index in [9.17, 15) is 0 Å². The highest BCUT2D eigenvalue weighted by Crippen LogP contribution is 2.28. The molecule has 0 aromatic carbocycles. The van der Waals surface area contributed by atoms with Crippen LogP contribution >= 0.6 is 0 Å². The third-order valence-corrected chi connectivity index (χ3v) is 3.54. The summed E-state index contributed by atoms with van der Waals surface area (Å²) in [5.41, 5.74) is 6.14. The molecule has 3 atom stereocenters. The van der Waals surface area contributed by atoms with Gasteiger partial charge in [0.05, 0.1) is 18.4 Å². The quantitative estimate of drug-likeness (QED) is 0.872. The molecule has 4 heteroatoms. The number of furan rings is 1. The van der Waals surface area contributed by atoms with Crippen molar-refractivity contribution in [1.29, 1.82) is 0 Å². The fourth-order valence-electron chi connectivity index (χ4n) is 2.82. The predicted molar refractivity (Wildman–Crippen MR) is 71.3 cm³/mol. The molecule has 0 spiro atoms. The largest absolute Gasteiger partial charge is 0.468 e. The van der Waals surface area contributed by atoms with Gasteiger partial charge in [-0.3, -0.25) is 4.90 Å². The summed E-state index contributed by atoms with van der Waals surface area (Å²) in [5, 5.41) is 0. The van der Waals surface area contributed by atoms with E-state index in [1.54, 1.807) is 6.26 Å². The Labute approximate surface area is 109 Å². The number of hydrogen-bond acceptors (Lipinski definition) is 4. The zero-order valence-electron chi connectivity index (χ0n) is 11.3. The van der Waals surface area contributed by atoms with Crippen LogP contribution in [-0.2, 0) is 4.74 Å². The minimum Gasteiger partial charge on any atom is -0.468 e. The van der Waals surface area contributed by atoms with Crippen molar-refractivity contribution in [3.63, 3.8) is 0 Å². The van der Waals surface area contributed by atoms with Gasteiger partial charge < -0.3 is 14.9 Å². The van der Waals surface area contributed by atoms with Gasteiger partial charge in [-0.05, 0) is 45.4 Å². The summed E-state index contributed by atoms with van der Waals surface area (Å²) < 4.78 is 11.3. The number of ether oxygens (including phenoxy) is 1. The van der Waals surface area contributed by atoms with Crippen molar-refractivity contribution in [2.24, 2.45) is 5.73 Å². The Balaban J connectivity index is 2.06. The van der Waals surface area contributed by atoms with Gasteiger partial charge in [0.2, 0.25) is 0 Å². The lowest BCUT2D eigenvalue weighted by Crippen LogP contribution is -2.46. The van der Waals surface area contributed by atoms with E-state index in [1.165, 1.54) is 0 Å². The highest BCUT2D eigenvalue weighted by atomic mass is 16.5. The van der Waals surface area contributed by atoms with Gasteiger partial charge >= 0.3 is 0 Å². The standard InChI is InChI=1S/C14H24N2O2/c1-3-17-12-6-4-8-16(10-12)14(11(2)15)13-7-5-9-18-13/h5,7,9,11-12,14H,3-4,6,8,10,15H2,1-2H3.